The molecule has 0 aromatic rings. The van der Waals surface area contributed by atoms with Crippen LogP contribution in [0.2, 0.25) is 0 Å². The molecule has 0 radical (unpaired) electrons. The molecule has 4 rings (SSSR count). The molecule has 8 atom stereocenters. The maximum atomic E-state index is 11.6. The molecule has 0 aromatic carbocycles. The van der Waals surface area contributed by atoms with Crippen LogP contribution in [0.15, 0.2) is 23.8 Å². The predicted octanol–water partition coefficient (Wildman–Crippen LogP) is 1.78. The van der Waals surface area contributed by atoms with E-state index in [1.54, 1.807) is 0 Å². The van der Waals surface area contributed by atoms with Crippen molar-refractivity contribution in [1.82, 2.24) is 0 Å². The first kappa shape index (κ1) is 16.8. The number of aliphatic hydroxyl groups excluding tert-OH is 3. The van der Waals surface area contributed by atoms with Crippen molar-refractivity contribution in [3.8, 4) is 0 Å². The van der Waals surface area contributed by atoms with E-state index in [4.69, 9.17) is 0 Å². The van der Waals surface area contributed by atoms with Gasteiger partial charge < -0.3 is 20.4 Å². The Hall–Kier alpha value is -0.680. The van der Waals surface area contributed by atoms with Crippen LogP contribution in [-0.4, -0.2) is 44.3 Å². The molecule has 4 aliphatic rings. The van der Waals surface area contributed by atoms with E-state index in [0.717, 1.165) is 18.4 Å². The number of aliphatic hydroxyl groups is 4. The summed E-state index contributed by atoms with van der Waals surface area (Å²) in [5.41, 5.74) is -0.642. The van der Waals surface area contributed by atoms with E-state index in [-0.39, 0.29) is 17.8 Å². The van der Waals surface area contributed by atoms with Crippen molar-refractivity contribution in [2.45, 2.75) is 70.4 Å². The Bertz CT molecular complexity index is 623. The molecule has 134 valence electrons. The molecule has 0 aliphatic heterocycles. The quantitative estimate of drug-likeness (QED) is 0.509. The zero-order chi connectivity index (χ0) is 17.7. The van der Waals surface area contributed by atoms with E-state index in [0.29, 0.717) is 12.8 Å². The smallest absolute Gasteiger partial charge is 0.105 e. The molecule has 0 saturated heterocycles. The molecule has 24 heavy (non-hydrogen) atoms. The molecule has 1 spiro atoms. The highest BCUT2D eigenvalue weighted by atomic mass is 16.4. The highest BCUT2D eigenvalue weighted by Gasteiger charge is 2.69. The third-order valence-electron chi connectivity index (χ3n) is 8.23. The van der Waals surface area contributed by atoms with Gasteiger partial charge in [-0.2, -0.15) is 0 Å². The van der Waals surface area contributed by atoms with Gasteiger partial charge in [-0.25, -0.2) is 0 Å². The minimum Gasteiger partial charge on any atom is -0.392 e. The maximum absolute atomic E-state index is 11.6. The lowest BCUT2D eigenvalue weighted by atomic mass is 9.60. The van der Waals surface area contributed by atoms with Gasteiger partial charge in [0.15, 0.2) is 0 Å². The van der Waals surface area contributed by atoms with Gasteiger partial charge in [0.1, 0.15) is 5.60 Å². The summed E-state index contributed by atoms with van der Waals surface area (Å²) in [6.45, 7) is 10.1. The zero-order valence-corrected chi connectivity index (χ0v) is 14.9. The third kappa shape index (κ3) is 1.64. The van der Waals surface area contributed by atoms with Crippen LogP contribution < -0.4 is 0 Å². The van der Waals surface area contributed by atoms with Crippen molar-refractivity contribution >= 4 is 0 Å². The second-order valence-electron chi connectivity index (χ2n) is 9.33. The van der Waals surface area contributed by atoms with Gasteiger partial charge in [-0.1, -0.05) is 37.6 Å². The van der Waals surface area contributed by atoms with Crippen LogP contribution in [-0.2, 0) is 0 Å². The van der Waals surface area contributed by atoms with Gasteiger partial charge in [-0.05, 0) is 38.5 Å². The van der Waals surface area contributed by atoms with E-state index in [2.05, 4.69) is 19.6 Å². The largest absolute Gasteiger partial charge is 0.392 e. The number of hydrogen-bond donors (Lipinski definition) is 4. The highest BCUT2D eigenvalue weighted by molar-refractivity contribution is 5.37. The molecule has 4 N–H and O–H groups in total. The molecule has 4 nitrogen and oxygen atoms in total. The van der Waals surface area contributed by atoms with Crippen LogP contribution in [0.4, 0.5) is 0 Å². The molecule has 3 unspecified atom stereocenters. The lowest BCUT2D eigenvalue weighted by Gasteiger charge is -2.46. The Morgan fingerprint density at radius 3 is 2.42 bits per heavy atom. The van der Waals surface area contributed by atoms with Gasteiger partial charge in [0.05, 0.1) is 18.3 Å². The van der Waals surface area contributed by atoms with E-state index in [9.17, 15) is 20.4 Å². The molecular formula is C20H30O4. The van der Waals surface area contributed by atoms with E-state index < -0.39 is 34.7 Å². The number of rotatable bonds is 0. The van der Waals surface area contributed by atoms with E-state index in [1.807, 2.05) is 13.8 Å². The second-order valence-corrected chi connectivity index (χ2v) is 9.33. The fourth-order valence-electron chi connectivity index (χ4n) is 6.64. The summed E-state index contributed by atoms with van der Waals surface area (Å²) in [6.07, 6.45) is 2.57. The van der Waals surface area contributed by atoms with E-state index in [1.165, 1.54) is 5.57 Å². The molecule has 0 amide bonds. The van der Waals surface area contributed by atoms with Crippen LogP contribution in [0, 0.1) is 28.6 Å². The predicted molar refractivity (Wildman–Crippen MR) is 91.0 cm³/mol. The summed E-state index contributed by atoms with van der Waals surface area (Å²) in [5.74, 6) is -0.122. The molecule has 4 heteroatoms. The topological polar surface area (TPSA) is 80.9 Å². The normalized spacial score (nSPS) is 55.6. The lowest BCUT2D eigenvalue weighted by Crippen LogP contribution is -2.57. The summed E-state index contributed by atoms with van der Waals surface area (Å²) in [6, 6.07) is 0. The summed E-state index contributed by atoms with van der Waals surface area (Å²) in [4.78, 5) is 0. The molecule has 0 aromatic heterocycles. The Morgan fingerprint density at radius 1 is 1.08 bits per heavy atom. The van der Waals surface area contributed by atoms with Gasteiger partial charge in [-0.3, -0.25) is 0 Å². The average Bonchev–Trinajstić information content (AvgIpc) is 2.73. The second kappa shape index (κ2) is 4.73. The summed E-state index contributed by atoms with van der Waals surface area (Å²) in [5, 5.41) is 44.2. The van der Waals surface area contributed by atoms with Crippen molar-refractivity contribution in [2.75, 3.05) is 0 Å². The van der Waals surface area contributed by atoms with Crippen molar-refractivity contribution in [3.05, 3.63) is 23.8 Å². The summed E-state index contributed by atoms with van der Waals surface area (Å²) >= 11 is 0. The van der Waals surface area contributed by atoms with Crippen LogP contribution in [0.1, 0.15) is 46.5 Å². The first-order valence-electron chi connectivity index (χ1n) is 9.22. The van der Waals surface area contributed by atoms with Gasteiger partial charge in [0.2, 0.25) is 0 Å². The summed E-state index contributed by atoms with van der Waals surface area (Å²) in [7, 11) is 0. The average molecular weight is 334 g/mol. The highest BCUT2D eigenvalue weighted by Crippen LogP contribution is 2.66. The minimum atomic E-state index is -1.41. The molecule has 2 bridgehead atoms. The zero-order valence-electron chi connectivity index (χ0n) is 14.9. The van der Waals surface area contributed by atoms with Gasteiger partial charge in [0.25, 0.3) is 0 Å². The standard InChI is InChI=1S/C20H30O4/c1-10-8-19-9-16(22)20(24)14(7-15(21)18(20,3)4)11(2)13(19)6-5-12(10)17(19)23/h8,12-17,21-24H,2,5-7,9H2,1,3-4H3/t12?,13-,14-,15-,16+,17?,19?,20-/m0/s1. The lowest BCUT2D eigenvalue weighted by molar-refractivity contribution is -0.171. The molecule has 3 fully saturated rings. The monoisotopic (exact) mass is 334 g/mol. The Balaban J connectivity index is 1.87. The first-order valence-corrected chi connectivity index (χ1v) is 9.22. The minimum absolute atomic E-state index is 0.0518. The fraction of sp³-hybridized carbons (Fsp3) is 0.800. The Morgan fingerprint density at radius 2 is 1.75 bits per heavy atom. The molecular weight excluding hydrogens is 304 g/mol. The van der Waals surface area contributed by atoms with E-state index >= 15 is 0 Å². The SMILES string of the molecule is C=C1[C@@H]2CCC3C(C)=CC2(C[C@@H](O)[C@@]2(O)[C@H]1C[C@H](O)C2(C)C)C3O. The maximum Gasteiger partial charge on any atom is 0.105 e. The third-order valence-corrected chi connectivity index (χ3v) is 8.23. The van der Waals surface area contributed by atoms with Crippen LogP contribution in [0.3, 0.4) is 0 Å². The number of fused-ring (bicyclic) bond motifs is 2. The Labute approximate surface area is 143 Å². The first-order chi connectivity index (χ1) is 11.1. The van der Waals surface area contributed by atoms with Crippen molar-refractivity contribution in [2.24, 2.45) is 28.6 Å². The molecule has 4 aliphatic carbocycles. The summed E-state index contributed by atoms with van der Waals surface area (Å²) < 4.78 is 0. The molecule has 0 heterocycles. The van der Waals surface area contributed by atoms with Gasteiger partial charge >= 0.3 is 0 Å². The van der Waals surface area contributed by atoms with Gasteiger partial charge in [-0.15, -0.1) is 0 Å². The van der Waals surface area contributed by atoms with Crippen LogP contribution >= 0.6 is 0 Å². The number of hydrogen-bond acceptors (Lipinski definition) is 4. The van der Waals surface area contributed by atoms with Crippen molar-refractivity contribution in [1.29, 1.82) is 0 Å². The molecule has 3 saturated carbocycles. The van der Waals surface area contributed by atoms with Crippen LogP contribution in [0.25, 0.3) is 0 Å². The van der Waals surface area contributed by atoms with Crippen LogP contribution in [0.5, 0.6) is 0 Å². The van der Waals surface area contributed by atoms with Crippen molar-refractivity contribution < 1.29 is 20.4 Å². The van der Waals surface area contributed by atoms with Crippen molar-refractivity contribution in [3.63, 3.8) is 0 Å². The van der Waals surface area contributed by atoms with Gasteiger partial charge in [0, 0.05) is 22.7 Å². The Kier molecular flexibility index (Phi) is 3.30. The fourth-order valence-corrected chi connectivity index (χ4v) is 6.64.